The fraction of sp³-hybridized carbons (Fsp3) is 0.400. The van der Waals surface area contributed by atoms with Gasteiger partial charge in [0.05, 0.1) is 24.5 Å². The van der Waals surface area contributed by atoms with E-state index in [0.717, 1.165) is 36.7 Å². The monoisotopic (exact) mass is 259 g/mol. The van der Waals surface area contributed by atoms with Crippen molar-refractivity contribution in [3.05, 3.63) is 41.7 Å². The maximum absolute atomic E-state index is 5.55. The second-order valence-electron chi connectivity index (χ2n) is 4.63. The number of nitrogens with zero attached hydrogens (tertiary/aromatic N) is 2. The van der Waals surface area contributed by atoms with Crippen LogP contribution in [0.3, 0.4) is 0 Å². The number of rotatable bonds is 6. The van der Waals surface area contributed by atoms with E-state index in [4.69, 9.17) is 4.74 Å². The van der Waals surface area contributed by atoms with Gasteiger partial charge in [-0.15, -0.1) is 0 Å². The van der Waals surface area contributed by atoms with Crippen molar-refractivity contribution in [1.82, 2.24) is 9.78 Å². The Morgan fingerprint density at radius 1 is 1.26 bits per heavy atom. The highest BCUT2D eigenvalue weighted by atomic mass is 16.5. The summed E-state index contributed by atoms with van der Waals surface area (Å²) in [6.07, 6.45) is 1.03. The van der Waals surface area contributed by atoms with Gasteiger partial charge in [-0.25, -0.2) is 0 Å². The molecule has 1 N–H and O–H groups in total. The number of nitrogens with one attached hydrogen (secondary N) is 1. The molecule has 0 fully saturated rings. The first-order chi connectivity index (χ1) is 9.19. The Morgan fingerprint density at radius 2 is 2.00 bits per heavy atom. The van der Waals surface area contributed by atoms with Crippen molar-refractivity contribution in [2.75, 3.05) is 11.9 Å². The Labute approximate surface area is 114 Å². The Bertz CT molecular complexity index is 517. The molecule has 1 aromatic heterocycles. The first kappa shape index (κ1) is 13.5. The SMILES string of the molecule is CCCOc1ccc(NCc2cc(C)nn2C)cc1. The molecule has 1 aromatic carbocycles. The van der Waals surface area contributed by atoms with Crippen molar-refractivity contribution in [3.63, 3.8) is 0 Å². The van der Waals surface area contributed by atoms with Crippen LogP contribution in [0.4, 0.5) is 5.69 Å². The molecule has 1 heterocycles. The molecule has 4 heteroatoms. The van der Waals surface area contributed by atoms with Crippen LogP contribution in [0.2, 0.25) is 0 Å². The Morgan fingerprint density at radius 3 is 2.58 bits per heavy atom. The number of anilines is 1. The van der Waals surface area contributed by atoms with E-state index in [1.807, 2.05) is 42.9 Å². The van der Waals surface area contributed by atoms with Gasteiger partial charge in [0.2, 0.25) is 0 Å². The van der Waals surface area contributed by atoms with Gasteiger partial charge in [-0.1, -0.05) is 6.92 Å². The summed E-state index contributed by atoms with van der Waals surface area (Å²) in [6.45, 7) is 5.64. The third-order valence-electron chi connectivity index (χ3n) is 2.90. The van der Waals surface area contributed by atoms with E-state index in [-0.39, 0.29) is 0 Å². The van der Waals surface area contributed by atoms with E-state index in [1.165, 1.54) is 5.69 Å². The van der Waals surface area contributed by atoms with Gasteiger partial charge in [-0.05, 0) is 43.7 Å². The molecule has 102 valence electrons. The van der Waals surface area contributed by atoms with Crippen molar-refractivity contribution in [2.24, 2.45) is 7.05 Å². The minimum atomic E-state index is 0.765. The maximum atomic E-state index is 5.55. The van der Waals surface area contributed by atoms with Crippen LogP contribution in [-0.2, 0) is 13.6 Å². The second-order valence-corrected chi connectivity index (χ2v) is 4.63. The zero-order chi connectivity index (χ0) is 13.7. The lowest BCUT2D eigenvalue weighted by Gasteiger charge is -2.08. The molecule has 2 aromatic rings. The first-order valence-corrected chi connectivity index (χ1v) is 6.65. The zero-order valence-electron chi connectivity index (χ0n) is 11.8. The molecule has 0 spiro atoms. The number of aromatic nitrogens is 2. The molecular weight excluding hydrogens is 238 g/mol. The Hall–Kier alpha value is -1.97. The molecule has 0 saturated heterocycles. The second kappa shape index (κ2) is 6.27. The van der Waals surface area contributed by atoms with Gasteiger partial charge in [0.25, 0.3) is 0 Å². The van der Waals surface area contributed by atoms with Crippen molar-refractivity contribution in [2.45, 2.75) is 26.8 Å². The molecule has 0 bridgehead atoms. The molecule has 0 atom stereocenters. The lowest BCUT2D eigenvalue weighted by atomic mass is 10.3. The fourth-order valence-corrected chi connectivity index (χ4v) is 1.91. The largest absolute Gasteiger partial charge is 0.494 e. The smallest absolute Gasteiger partial charge is 0.119 e. The fourth-order valence-electron chi connectivity index (χ4n) is 1.91. The van der Waals surface area contributed by atoms with Crippen LogP contribution in [0.1, 0.15) is 24.7 Å². The van der Waals surface area contributed by atoms with Crippen LogP contribution in [0, 0.1) is 6.92 Å². The van der Waals surface area contributed by atoms with Crippen molar-refractivity contribution in [1.29, 1.82) is 0 Å². The van der Waals surface area contributed by atoms with E-state index in [9.17, 15) is 0 Å². The number of aryl methyl sites for hydroxylation is 2. The van der Waals surface area contributed by atoms with Crippen LogP contribution < -0.4 is 10.1 Å². The predicted octanol–water partition coefficient (Wildman–Crippen LogP) is 3.13. The van der Waals surface area contributed by atoms with Crippen molar-refractivity contribution >= 4 is 5.69 Å². The summed E-state index contributed by atoms with van der Waals surface area (Å²) in [6, 6.07) is 10.1. The van der Waals surface area contributed by atoms with Crippen LogP contribution in [0.15, 0.2) is 30.3 Å². The highest BCUT2D eigenvalue weighted by Gasteiger charge is 2.01. The minimum absolute atomic E-state index is 0.765. The first-order valence-electron chi connectivity index (χ1n) is 6.65. The summed E-state index contributed by atoms with van der Waals surface area (Å²) in [5.41, 5.74) is 3.30. The van der Waals surface area contributed by atoms with Crippen molar-refractivity contribution in [3.8, 4) is 5.75 Å². The average Bonchev–Trinajstić information content (AvgIpc) is 2.73. The van der Waals surface area contributed by atoms with Gasteiger partial charge in [-0.2, -0.15) is 5.10 Å². The lowest BCUT2D eigenvalue weighted by Crippen LogP contribution is -2.05. The summed E-state index contributed by atoms with van der Waals surface area (Å²) in [7, 11) is 1.96. The third-order valence-corrected chi connectivity index (χ3v) is 2.90. The summed E-state index contributed by atoms with van der Waals surface area (Å²) >= 11 is 0. The molecular formula is C15H21N3O. The summed E-state index contributed by atoms with van der Waals surface area (Å²) in [5.74, 6) is 0.920. The van der Waals surface area contributed by atoms with Gasteiger partial charge in [-0.3, -0.25) is 4.68 Å². The van der Waals surface area contributed by atoms with Crippen LogP contribution in [-0.4, -0.2) is 16.4 Å². The van der Waals surface area contributed by atoms with Gasteiger partial charge in [0.15, 0.2) is 0 Å². The summed E-state index contributed by atoms with van der Waals surface area (Å²) in [5, 5.41) is 7.71. The molecule has 0 aliphatic rings. The number of hydrogen-bond donors (Lipinski definition) is 1. The van der Waals surface area contributed by atoms with E-state index < -0.39 is 0 Å². The zero-order valence-corrected chi connectivity index (χ0v) is 11.8. The Balaban J connectivity index is 1.91. The molecule has 0 saturated carbocycles. The third kappa shape index (κ3) is 3.74. The van der Waals surface area contributed by atoms with Gasteiger partial charge < -0.3 is 10.1 Å². The molecule has 0 aliphatic carbocycles. The minimum Gasteiger partial charge on any atom is -0.494 e. The Kier molecular flexibility index (Phi) is 4.44. The number of ether oxygens (including phenoxy) is 1. The van der Waals surface area contributed by atoms with Crippen LogP contribution in [0.5, 0.6) is 5.75 Å². The van der Waals surface area contributed by atoms with E-state index in [2.05, 4.69) is 23.4 Å². The normalized spacial score (nSPS) is 10.5. The lowest BCUT2D eigenvalue weighted by molar-refractivity contribution is 0.317. The highest BCUT2D eigenvalue weighted by Crippen LogP contribution is 2.16. The van der Waals surface area contributed by atoms with Gasteiger partial charge in [0.1, 0.15) is 5.75 Å². The number of hydrogen-bond acceptors (Lipinski definition) is 3. The van der Waals surface area contributed by atoms with E-state index in [1.54, 1.807) is 0 Å². The van der Waals surface area contributed by atoms with Crippen LogP contribution in [0.25, 0.3) is 0 Å². The van der Waals surface area contributed by atoms with Gasteiger partial charge >= 0.3 is 0 Å². The topological polar surface area (TPSA) is 39.1 Å². The van der Waals surface area contributed by atoms with Crippen molar-refractivity contribution < 1.29 is 4.74 Å². The average molecular weight is 259 g/mol. The van der Waals surface area contributed by atoms with E-state index >= 15 is 0 Å². The molecule has 0 unspecified atom stereocenters. The standard InChI is InChI=1S/C15H21N3O/c1-4-9-19-15-7-5-13(6-8-15)16-11-14-10-12(2)17-18(14)3/h5-8,10,16H,4,9,11H2,1-3H3. The molecule has 0 radical (unpaired) electrons. The molecule has 2 rings (SSSR count). The number of benzene rings is 1. The molecule has 0 amide bonds. The molecule has 19 heavy (non-hydrogen) atoms. The predicted molar refractivity (Wildman–Crippen MR) is 77.5 cm³/mol. The highest BCUT2D eigenvalue weighted by molar-refractivity contribution is 5.46. The van der Waals surface area contributed by atoms with Crippen LogP contribution >= 0.6 is 0 Å². The van der Waals surface area contributed by atoms with E-state index in [0.29, 0.717) is 0 Å². The summed E-state index contributed by atoms with van der Waals surface area (Å²) in [4.78, 5) is 0. The summed E-state index contributed by atoms with van der Waals surface area (Å²) < 4.78 is 7.46. The van der Waals surface area contributed by atoms with Gasteiger partial charge in [0, 0.05) is 12.7 Å². The maximum Gasteiger partial charge on any atom is 0.119 e. The molecule has 4 nitrogen and oxygen atoms in total. The quantitative estimate of drug-likeness (QED) is 0.866. The molecule has 0 aliphatic heterocycles.